The molecule has 0 aliphatic rings. The Morgan fingerprint density at radius 1 is 1.47 bits per heavy atom. The van der Waals surface area contributed by atoms with Crippen LogP contribution in [0.2, 0.25) is 0 Å². The summed E-state index contributed by atoms with van der Waals surface area (Å²) in [7, 11) is -1.01. The van der Waals surface area contributed by atoms with Crippen LogP contribution in [0.5, 0.6) is 0 Å². The third-order valence-electron chi connectivity index (χ3n) is 1.46. The maximum absolute atomic E-state index is 11.0. The van der Waals surface area contributed by atoms with E-state index in [9.17, 15) is 13.8 Å². The molecule has 0 aromatic rings. The number of urea groups is 1. The van der Waals surface area contributed by atoms with Crippen molar-refractivity contribution in [2.75, 3.05) is 25.2 Å². The van der Waals surface area contributed by atoms with Gasteiger partial charge in [0.1, 0.15) is 0 Å². The predicted octanol–water partition coefficient (Wildman–Crippen LogP) is -1.89. The van der Waals surface area contributed by atoms with Gasteiger partial charge in [0, 0.05) is 29.4 Å². The lowest BCUT2D eigenvalue weighted by atomic mass is 10.3. The van der Waals surface area contributed by atoms with Crippen LogP contribution in [0, 0.1) is 0 Å². The molecule has 0 radical (unpaired) electrons. The molecule has 0 bridgehead atoms. The highest BCUT2D eigenvalue weighted by atomic mass is 32.2. The molecule has 2 amide bonds. The maximum Gasteiger partial charge on any atom is 0.328 e. The third-order valence-corrected chi connectivity index (χ3v) is 2.24. The Labute approximate surface area is 89.3 Å². The van der Waals surface area contributed by atoms with Crippen molar-refractivity contribution in [1.29, 1.82) is 0 Å². The minimum atomic E-state index is -1.32. The fourth-order valence-electron chi connectivity index (χ4n) is 0.703. The first-order chi connectivity index (χ1) is 6.97. The zero-order valence-electron chi connectivity index (χ0n) is 8.23. The first-order valence-corrected chi connectivity index (χ1v) is 5.88. The maximum atomic E-state index is 11.0. The van der Waals surface area contributed by atoms with Gasteiger partial charge in [-0.05, 0) is 0 Å². The molecule has 0 aliphatic carbocycles. The van der Waals surface area contributed by atoms with Gasteiger partial charge in [-0.15, -0.1) is 0 Å². The van der Waals surface area contributed by atoms with Crippen molar-refractivity contribution in [3.8, 4) is 0 Å². The molecule has 15 heavy (non-hydrogen) atoms. The molecule has 0 saturated carbocycles. The summed E-state index contributed by atoms with van der Waals surface area (Å²) in [4.78, 5) is 21.4. The zero-order valence-corrected chi connectivity index (χ0v) is 9.04. The summed E-state index contributed by atoms with van der Waals surface area (Å²) < 4.78 is 10.6. The van der Waals surface area contributed by atoms with E-state index in [-0.39, 0.29) is 6.54 Å². The number of aliphatic hydroxyl groups is 1. The number of carboxylic acids is 1. The Balaban J connectivity index is 3.81. The number of nitrogens with one attached hydrogen (secondary N) is 2. The van der Waals surface area contributed by atoms with Crippen molar-refractivity contribution in [2.45, 2.75) is 6.04 Å². The van der Waals surface area contributed by atoms with E-state index in [1.54, 1.807) is 0 Å². The molecule has 8 heteroatoms. The number of hydrogen-bond donors (Lipinski definition) is 4. The Bertz CT molecular complexity index is 258. The molecule has 88 valence electrons. The number of amides is 2. The van der Waals surface area contributed by atoms with E-state index in [4.69, 9.17) is 10.2 Å². The summed E-state index contributed by atoms with van der Waals surface area (Å²) >= 11 is 0. The largest absolute Gasteiger partial charge is 0.480 e. The van der Waals surface area contributed by atoms with Crippen LogP contribution < -0.4 is 10.6 Å². The Kier molecular flexibility index (Phi) is 6.63. The van der Waals surface area contributed by atoms with E-state index in [0.29, 0.717) is 5.75 Å². The van der Waals surface area contributed by atoms with Gasteiger partial charge in [0.05, 0.1) is 6.61 Å². The predicted molar refractivity (Wildman–Crippen MR) is 54.0 cm³/mol. The molecule has 4 N–H and O–H groups in total. The smallest absolute Gasteiger partial charge is 0.328 e. The van der Waals surface area contributed by atoms with E-state index in [0.717, 1.165) is 0 Å². The van der Waals surface area contributed by atoms with Crippen LogP contribution in [0.1, 0.15) is 0 Å². The monoisotopic (exact) mass is 238 g/mol. The Morgan fingerprint density at radius 3 is 2.47 bits per heavy atom. The highest BCUT2D eigenvalue weighted by Crippen LogP contribution is 1.82. The van der Waals surface area contributed by atoms with Crippen molar-refractivity contribution < 1.29 is 24.0 Å². The molecule has 0 aliphatic heterocycles. The van der Waals surface area contributed by atoms with E-state index in [1.165, 1.54) is 6.26 Å². The Hall–Kier alpha value is -1.15. The average Bonchev–Trinajstić information content (AvgIpc) is 2.13. The van der Waals surface area contributed by atoms with Crippen LogP contribution in [-0.4, -0.2) is 57.6 Å². The number of carbonyl (C=O) groups is 2. The van der Waals surface area contributed by atoms with Gasteiger partial charge in [-0.25, -0.2) is 9.59 Å². The quantitative estimate of drug-likeness (QED) is 0.432. The minimum absolute atomic E-state index is 0.187. The summed E-state index contributed by atoms with van der Waals surface area (Å²) in [6.07, 6.45) is 1.49. The van der Waals surface area contributed by atoms with E-state index in [2.05, 4.69) is 5.32 Å². The van der Waals surface area contributed by atoms with Crippen molar-refractivity contribution in [3.63, 3.8) is 0 Å². The lowest BCUT2D eigenvalue weighted by molar-refractivity contribution is -0.140. The van der Waals surface area contributed by atoms with Crippen molar-refractivity contribution >= 4 is 22.8 Å². The van der Waals surface area contributed by atoms with Gasteiger partial charge < -0.3 is 20.8 Å². The first kappa shape index (κ1) is 13.8. The fraction of sp³-hybridized carbons (Fsp3) is 0.714. The van der Waals surface area contributed by atoms with Crippen LogP contribution in [0.4, 0.5) is 4.79 Å². The van der Waals surface area contributed by atoms with Crippen LogP contribution in [0.15, 0.2) is 0 Å². The van der Waals surface area contributed by atoms with Crippen molar-refractivity contribution in [3.05, 3.63) is 0 Å². The number of aliphatic carboxylic acids is 1. The lowest BCUT2D eigenvalue weighted by Crippen LogP contribution is -2.48. The summed E-state index contributed by atoms with van der Waals surface area (Å²) in [5.74, 6) is -1.02. The van der Waals surface area contributed by atoms with Gasteiger partial charge in [-0.2, -0.15) is 0 Å². The molecule has 1 unspecified atom stereocenters. The molecule has 0 fully saturated rings. The van der Waals surface area contributed by atoms with E-state index >= 15 is 0 Å². The molecule has 0 saturated heterocycles. The zero-order chi connectivity index (χ0) is 11.8. The molecular weight excluding hydrogens is 224 g/mol. The summed E-state index contributed by atoms with van der Waals surface area (Å²) in [6, 6.07) is -2.03. The lowest BCUT2D eigenvalue weighted by Gasteiger charge is -2.12. The molecule has 0 spiro atoms. The summed E-state index contributed by atoms with van der Waals surface area (Å²) in [5.41, 5.74) is 0. The van der Waals surface area contributed by atoms with Gasteiger partial charge >= 0.3 is 12.0 Å². The van der Waals surface area contributed by atoms with Crippen LogP contribution in [0.25, 0.3) is 0 Å². The van der Waals surface area contributed by atoms with Crippen LogP contribution in [-0.2, 0) is 15.6 Å². The number of aliphatic hydroxyl groups excluding tert-OH is 1. The number of carboxylic acid groups (broad SMARTS) is 1. The Morgan fingerprint density at radius 2 is 2.07 bits per heavy atom. The highest BCUT2D eigenvalue weighted by Gasteiger charge is 2.17. The van der Waals surface area contributed by atoms with Gasteiger partial charge in [0.25, 0.3) is 0 Å². The molecule has 2 atom stereocenters. The molecule has 7 nitrogen and oxygen atoms in total. The molecule has 0 aromatic carbocycles. The van der Waals surface area contributed by atoms with E-state index in [1.807, 2.05) is 5.32 Å². The third kappa shape index (κ3) is 6.86. The number of rotatable bonds is 6. The average molecular weight is 238 g/mol. The topological polar surface area (TPSA) is 116 Å². The molecule has 0 aromatic heterocycles. The normalized spacial score (nSPS) is 14.0. The van der Waals surface area contributed by atoms with Gasteiger partial charge in [0.15, 0.2) is 6.04 Å². The second-order valence-corrected chi connectivity index (χ2v) is 4.31. The van der Waals surface area contributed by atoms with Crippen LogP contribution >= 0.6 is 0 Å². The fourth-order valence-corrected chi connectivity index (χ4v) is 1.09. The molecule has 0 heterocycles. The second kappa shape index (κ2) is 7.18. The van der Waals surface area contributed by atoms with Crippen molar-refractivity contribution in [1.82, 2.24) is 10.6 Å². The first-order valence-electron chi connectivity index (χ1n) is 4.15. The molecule has 0 rings (SSSR count). The van der Waals surface area contributed by atoms with Gasteiger partial charge in [-0.3, -0.25) is 4.21 Å². The minimum Gasteiger partial charge on any atom is -0.480 e. The standard InChI is InChI=1S/C7H14N2O5S/c1-15(14)3-2-8-7(13)9-5(4-10)6(11)12/h5,10H,2-4H2,1H3,(H,11,12)(H2,8,9,13)/t5-,15?/m1/s1. The summed E-state index contributed by atoms with van der Waals surface area (Å²) in [6.45, 7) is -0.491. The van der Waals surface area contributed by atoms with Gasteiger partial charge in [-0.1, -0.05) is 0 Å². The highest BCUT2D eigenvalue weighted by molar-refractivity contribution is 7.84. The SMILES string of the molecule is CS(=O)CCNC(=O)N[C@H](CO)C(=O)O. The van der Waals surface area contributed by atoms with E-state index < -0.39 is 35.4 Å². The number of carbonyl (C=O) groups excluding carboxylic acids is 1. The van der Waals surface area contributed by atoms with Crippen LogP contribution in [0.3, 0.4) is 0 Å². The van der Waals surface area contributed by atoms with Gasteiger partial charge in [0.2, 0.25) is 0 Å². The number of hydrogen-bond acceptors (Lipinski definition) is 4. The second-order valence-electron chi connectivity index (χ2n) is 2.75. The molecular formula is C7H14N2O5S. The summed E-state index contributed by atoms with van der Waals surface area (Å²) in [5, 5.41) is 21.4. The van der Waals surface area contributed by atoms with Crippen molar-refractivity contribution in [2.24, 2.45) is 0 Å².